The monoisotopic (exact) mass is 135 g/mol. The largest absolute Gasteiger partial charge is 0.268 e. The van der Waals surface area contributed by atoms with E-state index in [1.165, 1.54) is 12.3 Å². The molecule has 1 rings (SSSR count). The third-order valence-corrected chi connectivity index (χ3v) is 0.583. The van der Waals surface area contributed by atoms with Gasteiger partial charge in [0.1, 0.15) is 0 Å². The van der Waals surface area contributed by atoms with E-state index in [-0.39, 0.29) is 56.9 Å². The third kappa shape index (κ3) is 2.73. The molecule has 4 heteroatoms. The van der Waals surface area contributed by atoms with Crippen LogP contribution in [0.3, 0.4) is 0 Å². The minimum atomic E-state index is -0.164. The van der Waals surface area contributed by atoms with Crippen LogP contribution < -0.4 is 5.56 Å². The zero-order valence-electron chi connectivity index (χ0n) is 4.59. The molecule has 8 heavy (non-hydrogen) atoms. The van der Waals surface area contributed by atoms with Gasteiger partial charge in [-0.1, -0.05) is 0 Å². The van der Waals surface area contributed by atoms with Gasteiger partial charge in [-0.15, -0.1) is 0 Å². The van der Waals surface area contributed by atoms with Crippen molar-refractivity contribution in [2.75, 3.05) is 0 Å². The molecule has 1 radical (unpaired) electrons. The average Bonchev–Trinajstić information content (AvgIpc) is 1.69. The first-order valence-corrected chi connectivity index (χ1v) is 1.89. The van der Waals surface area contributed by atoms with Crippen LogP contribution in [0.5, 0.6) is 0 Å². The molecule has 0 amide bonds. The Morgan fingerprint density at radius 2 is 2.38 bits per heavy atom. The first kappa shape index (κ1) is 8.52. The second kappa shape index (κ2) is 4.40. The van der Waals surface area contributed by atoms with Gasteiger partial charge in [0.25, 0.3) is 5.56 Å². The third-order valence-electron chi connectivity index (χ3n) is 0.583. The van der Waals surface area contributed by atoms with Gasteiger partial charge in [-0.3, -0.25) is 4.79 Å². The van der Waals surface area contributed by atoms with E-state index in [0.29, 0.717) is 0 Å². The predicted octanol–water partition coefficient (Wildman–Crippen LogP) is -0.611. The Morgan fingerprint density at radius 3 is 2.62 bits per heavy atom. The van der Waals surface area contributed by atoms with Crippen LogP contribution in [0, 0.1) is 0 Å². The molecule has 3 nitrogen and oxygen atoms in total. The van der Waals surface area contributed by atoms with Crippen LogP contribution in [0.1, 0.15) is 0 Å². The molecular weight excluding hydrogens is 131 g/mol. The van der Waals surface area contributed by atoms with Crippen molar-refractivity contribution in [3.05, 3.63) is 28.7 Å². The fourth-order valence-corrected chi connectivity index (χ4v) is 0.312. The molecular formula is C4H4KN2O. The molecule has 0 aromatic carbocycles. The van der Waals surface area contributed by atoms with E-state index in [4.69, 9.17) is 0 Å². The molecule has 0 aliphatic rings. The van der Waals surface area contributed by atoms with Crippen LogP contribution in [0.4, 0.5) is 0 Å². The Kier molecular flexibility index (Phi) is 4.68. The van der Waals surface area contributed by atoms with Crippen molar-refractivity contribution < 1.29 is 0 Å². The minimum absolute atomic E-state index is 0. The van der Waals surface area contributed by atoms with Crippen molar-refractivity contribution in [2.45, 2.75) is 0 Å². The number of hydrogen-bond acceptors (Lipinski definition) is 2. The summed E-state index contributed by atoms with van der Waals surface area (Å²) in [6, 6.07) is 2.99. The van der Waals surface area contributed by atoms with Crippen LogP contribution in [0.2, 0.25) is 0 Å². The topological polar surface area (TPSA) is 45.8 Å². The van der Waals surface area contributed by atoms with Gasteiger partial charge in [-0.2, -0.15) is 5.10 Å². The van der Waals surface area contributed by atoms with Crippen molar-refractivity contribution in [3.8, 4) is 0 Å². The number of nitrogens with zero attached hydrogens (tertiary/aromatic N) is 1. The molecule has 0 aliphatic heterocycles. The van der Waals surface area contributed by atoms with E-state index in [2.05, 4.69) is 10.2 Å². The number of H-pyrrole nitrogens is 1. The number of nitrogens with one attached hydrogen (secondary N) is 1. The zero-order valence-corrected chi connectivity index (χ0v) is 7.71. The van der Waals surface area contributed by atoms with E-state index in [9.17, 15) is 4.79 Å². The Balaban J connectivity index is 0.000000490. The summed E-state index contributed by atoms with van der Waals surface area (Å²) in [4.78, 5) is 10.2. The Morgan fingerprint density at radius 1 is 1.62 bits per heavy atom. The first-order chi connectivity index (χ1) is 3.39. The van der Waals surface area contributed by atoms with Gasteiger partial charge in [0.15, 0.2) is 0 Å². The molecule has 0 spiro atoms. The molecule has 37 valence electrons. The molecule has 1 aromatic rings. The van der Waals surface area contributed by atoms with Crippen LogP contribution in [0.25, 0.3) is 0 Å². The number of rotatable bonds is 0. The van der Waals surface area contributed by atoms with Gasteiger partial charge in [-0.25, -0.2) is 5.10 Å². The Labute approximate surface area is 88.9 Å². The van der Waals surface area contributed by atoms with Crippen molar-refractivity contribution in [2.24, 2.45) is 0 Å². The van der Waals surface area contributed by atoms with E-state index < -0.39 is 0 Å². The minimum Gasteiger partial charge on any atom is -0.268 e. The second-order valence-corrected chi connectivity index (χ2v) is 1.11. The van der Waals surface area contributed by atoms with Gasteiger partial charge in [0.05, 0.1) is 0 Å². The van der Waals surface area contributed by atoms with Crippen molar-refractivity contribution in [1.82, 2.24) is 10.2 Å². The Bertz CT molecular complexity index is 180. The SMILES string of the molecule is O=c1cccn[nH]1.[K]. The second-order valence-electron chi connectivity index (χ2n) is 1.11. The molecule has 0 atom stereocenters. The molecule has 0 saturated carbocycles. The summed E-state index contributed by atoms with van der Waals surface area (Å²) in [7, 11) is 0. The standard InChI is InChI=1S/C4H4N2O.K/c7-4-2-1-3-5-6-4;/h1-3H,(H,6,7);. The van der Waals surface area contributed by atoms with E-state index in [1.54, 1.807) is 6.07 Å². The maximum absolute atomic E-state index is 10.2. The normalized spacial score (nSPS) is 7.50. The van der Waals surface area contributed by atoms with E-state index >= 15 is 0 Å². The van der Waals surface area contributed by atoms with Crippen LogP contribution in [-0.2, 0) is 0 Å². The maximum atomic E-state index is 10.2. The average molecular weight is 135 g/mol. The van der Waals surface area contributed by atoms with Crippen LogP contribution in [-0.4, -0.2) is 61.6 Å². The molecule has 0 unspecified atom stereocenters. The summed E-state index contributed by atoms with van der Waals surface area (Å²) in [5, 5.41) is 5.67. The quantitative estimate of drug-likeness (QED) is 0.482. The fraction of sp³-hybridized carbons (Fsp3) is 0. The molecule has 0 bridgehead atoms. The summed E-state index contributed by atoms with van der Waals surface area (Å²) in [6.07, 6.45) is 1.52. The molecule has 0 saturated heterocycles. The number of aromatic amines is 1. The molecule has 0 fully saturated rings. The van der Waals surface area contributed by atoms with Crippen LogP contribution in [0.15, 0.2) is 23.1 Å². The first-order valence-electron chi connectivity index (χ1n) is 1.89. The maximum Gasteiger partial charge on any atom is 0.264 e. The summed E-state index contributed by atoms with van der Waals surface area (Å²) < 4.78 is 0. The summed E-state index contributed by atoms with van der Waals surface area (Å²) in [5.41, 5.74) is -0.164. The molecule has 0 aliphatic carbocycles. The summed E-state index contributed by atoms with van der Waals surface area (Å²) in [5.74, 6) is 0. The number of aromatic nitrogens is 2. The fourth-order valence-electron chi connectivity index (χ4n) is 0.312. The van der Waals surface area contributed by atoms with E-state index in [0.717, 1.165) is 0 Å². The van der Waals surface area contributed by atoms with Crippen LogP contribution >= 0.6 is 0 Å². The van der Waals surface area contributed by atoms with Gasteiger partial charge < -0.3 is 0 Å². The molecule has 1 aromatic heterocycles. The van der Waals surface area contributed by atoms with Crippen molar-refractivity contribution in [3.63, 3.8) is 0 Å². The zero-order chi connectivity index (χ0) is 5.11. The summed E-state index contributed by atoms with van der Waals surface area (Å²) in [6.45, 7) is 0. The van der Waals surface area contributed by atoms with Gasteiger partial charge in [0.2, 0.25) is 0 Å². The van der Waals surface area contributed by atoms with Crippen molar-refractivity contribution >= 4 is 51.4 Å². The van der Waals surface area contributed by atoms with E-state index in [1.807, 2.05) is 0 Å². The smallest absolute Gasteiger partial charge is 0.264 e. The molecule has 1 N–H and O–H groups in total. The number of hydrogen-bond donors (Lipinski definition) is 1. The molecule has 1 heterocycles. The predicted molar refractivity (Wildman–Crippen MR) is 30.6 cm³/mol. The van der Waals surface area contributed by atoms with Crippen molar-refractivity contribution in [1.29, 1.82) is 0 Å². The Hall–Kier alpha value is 0.516. The van der Waals surface area contributed by atoms with Gasteiger partial charge in [0, 0.05) is 63.6 Å². The van der Waals surface area contributed by atoms with Gasteiger partial charge in [-0.05, 0) is 6.07 Å². The summed E-state index contributed by atoms with van der Waals surface area (Å²) >= 11 is 0. The van der Waals surface area contributed by atoms with Gasteiger partial charge >= 0.3 is 0 Å².